The minimum atomic E-state index is -0.765. The molecular formula is C9H9NO4. The van der Waals surface area contributed by atoms with Crippen molar-refractivity contribution in [2.75, 3.05) is 6.54 Å². The second-order valence-corrected chi connectivity index (χ2v) is 2.75. The van der Waals surface area contributed by atoms with E-state index < -0.39 is 17.7 Å². The van der Waals surface area contributed by atoms with Gasteiger partial charge in [0.2, 0.25) is 5.78 Å². The molecule has 0 aromatic carbocycles. The van der Waals surface area contributed by atoms with Gasteiger partial charge >= 0.3 is 11.9 Å². The molecule has 5 nitrogen and oxygen atoms in total. The Kier molecular flexibility index (Phi) is 3.24. The molecule has 0 radical (unpaired) electrons. The monoisotopic (exact) mass is 195 g/mol. The van der Waals surface area contributed by atoms with Crippen LogP contribution in [0.1, 0.15) is 19.3 Å². The summed E-state index contributed by atoms with van der Waals surface area (Å²) in [5.41, 5.74) is 0. The molecular weight excluding hydrogens is 186 g/mol. The molecule has 0 N–H and O–H groups in total. The predicted octanol–water partition coefficient (Wildman–Crippen LogP) is -0.341. The van der Waals surface area contributed by atoms with Crippen molar-refractivity contribution in [1.29, 1.82) is 0 Å². The minimum absolute atomic E-state index is 0.0501. The van der Waals surface area contributed by atoms with E-state index in [1.165, 1.54) is 0 Å². The number of terminal acetylenes is 1. The van der Waals surface area contributed by atoms with E-state index in [4.69, 9.17) is 6.42 Å². The van der Waals surface area contributed by atoms with E-state index in [1.807, 2.05) is 0 Å². The first kappa shape index (κ1) is 10.3. The first-order valence-corrected chi connectivity index (χ1v) is 4.14. The smallest absolute Gasteiger partial charge is 0.333 e. The molecule has 1 aliphatic rings. The highest BCUT2D eigenvalue weighted by molar-refractivity contribution is 6.37. The number of rotatable bonds is 3. The zero-order chi connectivity index (χ0) is 10.6. The van der Waals surface area contributed by atoms with Crippen LogP contribution >= 0.6 is 0 Å². The lowest BCUT2D eigenvalue weighted by molar-refractivity contribution is -0.192. The van der Waals surface area contributed by atoms with E-state index in [9.17, 15) is 14.4 Å². The maximum atomic E-state index is 11.0. The Morgan fingerprint density at radius 2 is 2.29 bits per heavy atom. The van der Waals surface area contributed by atoms with Gasteiger partial charge in [-0.15, -0.1) is 12.3 Å². The molecule has 0 saturated carbocycles. The fraction of sp³-hybridized carbons (Fsp3) is 0.444. The van der Waals surface area contributed by atoms with Crippen molar-refractivity contribution in [3.05, 3.63) is 0 Å². The van der Waals surface area contributed by atoms with Gasteiger partial charge in [0.15, 0.2) is 0 Å². The van der Waals surface area contributed by atoms with Crippen LogP contribution in [0, 0.1) is 12.3 Å². The van der Waals surface area contributed by atoms with Crippen molar-refractivity contribution in [2.45, 2.75) is 19.3 Å². The average molecular weight is 195 g/mol. The summed E-state index contributed by atoms with van der Waals surface area (Å²) in [7, 11) is 0. The number of hydroxylamine groups is 2. The van der Waals surface area contributed by atoms with Gasteiger partial charge < -0.3 is 4.84 Å². The van der Waals surface area contributed by atoms with Crippen LogP contribution in [-0.2, 0) is 19.2 Å². The molecule has 1 heterocycles. The van der Waals surface area contributed by atoms with Crippen LogP contribution in [0.4, 0.5) is 0 Å². The Hall–Kier alpha value is -1.83. The molecule has 0 aromatic heterocycles. The van der Waals surface area contributed by atoms with E-state index in [1.54, 1.807) is 0 Å². The highest BCUT2D eigenvalue weighted by Crippen LogP contribution is 2.07. The van der Waals surface area contributed by atoms with Crippen molar-refractivity contribution >= 4 is 17.7 Å². The minimum Gasteiger partial charge on any atom is -0.338 e. The van der Waals surface area contributed by atoms with Crippen LogP contribution in [0.15, 0.2) is 0 Å². The van der Waals surface area contributed by atoms with Gasteiger partial charge in [0.25, 0.3) is 0 Å². The van der Waals surface area contributed by atoms with Crippen LogP contribution < -0.4 is 0 Å². The molecule has 14 heavy (non-hydrogen) atoms. The normalized spacial score (nSPS) is 15.5. The molecule has 1 aliphatic heterocycles. The molecule has 0 bridgehead atoms. The fourth-order valence-corrected chi connectivity index (χ4v) is 0.981. The van der Waals surface area contributed by atoms with Crippen molar-refractivity contribution in [3.63, 3.8) is 0 Å². The van der Waals surface area contributed by atoms with Gasteiger partial charge in [0.05, 0.1) is 13.0 Å². The Labute approximate surface area is 81.0 Å². The van der Waals surface area contributed by atoms with Crippen LogP contribution in [0.2, 0.25) is 0 Å². The molecule has 0 unspecified atom stereocenters. The van der Waals surface area contributed by atoms with Gasteiger partial charge in [-0.1, -0.05) is 0 Å². The third-order valence-corrected chi connectivity index (χ3v) is 1.69. The summed E-state index contributed by atoms with van der Waals surface area (Å²) < 4.78 is 0. The van der Waals surface area contributed by atoms with Crippen LogP contribution in [0.3, 0.4) is 0 Å². The SMILES string of the molecule is C#CCCC(=O)ON1CCC(=O)C1=O. The summed E-state index contributed by atoms with van der Waals surface area (Å²) in [5, 5.41) is 0.779. The first-order chi connectivity index (χ1) is 6.65. The Bertz CT molecular complexity index is 315. The molecule has 5 heteroatoms. The molecule has 0 spiro atoms. The third kappa shape index (κ3) is 2.33. The zero-order valence-electron chi connectivity index (χ0n) is 7.49. The third-order valence-electron chi connectivity index (χ3n) is 1.69. The van der Waals surface area contributed by atoms with E-state index in [-0.39, 0.29) is 25.8 Å². The lowest BCUT2D eigenvalue weighted by Gasteiger charge is -2.12. The van der Waals surface area contributed by atoms with Crippen LogP contribution in [0.5, 0.6) is 0 Å². The average Bonchev–Trinajstić information content (AvgIpc) is 2.46. The summed E-state index contributed by atoms with van der Waals surface area (Å²) in [5.74, 6) is 0.383. The largest absolute Gasteiger partial charge is 0.338 e. The van der Waals surface area contributed by atoms with E-state index in [2.05, 4.69) is 10.8 Å². The van der Waals surface area contributed by atoms with Crippen molar-refractivity contribution in [1.82, 2.24) is 5.06 Å². The molecule has 1 fully saturated rings. The van der Waals surface area contributed by atoms with Crippen molar-refractivity contribution in [2.24, 2.45) is 0 Å². The summed E-state index contributed by atoms with van der Waals surface area (Å²) in [6.07, 6.45) is 5.35. The summed E-state index contributed by atoms with van der Waals surface area (Å²) in [4.78, 5) is 37.4. The quantitative estimate of drug-likeness (QED) is 0.456. The lowest BCUT2D eigenvalue weighted by atomic mass is 10.3. The zero-order valence-corrected chi connectivity index (χ0v) is 7.49. The van der Waals surface area contributed by atoms with Crippen molar-refractivity contribution < 1.29 is 19.2 Å². The fourth-order valence-electron chi connectivity index (χ4n) is 0.981. The number of ketones is 1. The number of carbonyl (C=O) groups excluding carboxylic acids is 3. The van der Waals surface area contributed by atoms with Gasteiger partial charge in [-0.3, -0.25) is 9.59 Å². The predicted molar refractivity (Wildman–Crippen MR) is 45.5 cm³/mol. The van der Waals surface area contributed by atoms with Gasteiger partial charge in [-0.05, 0) is 0 Å². The molecule has 1 amide bonds. The van der Waals surface area contributed by atoms with E-state index in [0.717, 1.165) is 5.06 Å². The lowest BCUT2D eigenvalue weighted by Crippen LogP contribution is -2.30. The van der Waals surface area contributed by atoms with Crippen LogP contribution in [0.25, 0.3) is 0 Å². The number of hydrogen-bond donors (Lipinski definition) is 0. The number of hydrogen-bond acceptors (Lipinski definition) is 4. The number of nitrogens with zero attached hydrogens (tertiary/aromatic N) is 1. The van der Waals surface area contributed by atoms with Gasteiger partial charge in [-0.2, -0.15) is 5.06 Å². The number of Topliss-reactive ketones (excluding diaryl/α,β-unsaturated/α-hetero) is 1. The summed E-state index contributed by atoms with van der Waals surface area (Å²) in [6.45, 7) is 0.138. The second-order valence-electron chi connectivity index (χ2n) is 2.75. The van der Waals surface area contributed by atoms with Gasteiger partial charge in [0, 0.05) is 12.8 Å². The highest BCUT2D eigenvalue weighted by Gasteiger charge is 2.32. The highest BCUT2D eigenvalue weighted by atomic mass is 16.7. The second kappa shape index (κ2) is 4.42. The summed E-state index contributed by atoms with van der Waals surface area (Å²) in [6, 6.07) is 0. The molecule has 0 aromatic rings. The standard InChI is InChI=1S/C9H9NO4/c1-2-3-4-8(12)14-10-6-5-7(11)9(10)13/h1H,3-6H2. The van der Waals surface area contributed by atoms with Crippen LogP contribution in [-0.4, -0.2) is 29.3 Å². The van der Waals surface area contributed by atoms with Gasteiger partial charge in [-0.25, -0.2) is 4.79 Å². The van der Waals surface area contributed by atoms with E-state index in [0.29, 0.717) is 0 Å². The Morgan fingerprint density at radius 1 is 1.57 bits per heavy atom. The van der Waals surface area contributed by atoms with Gasteiger partial charge in [0.1, 0.15) is 0 Å². The first-order valence-electron chi connectivity index (χ1n) is 4.14. The topological polar surface area (TPSA) is 63.7 Å². The van der Waals surface area contributed by atoms with E-state index >= 15 is 0 Å². The van der Waals surface area contributed by atoms with Crippen molar-refractivity contribution in [3.8, 4) is 12.3 Å². The molecule has 1 rings (SSSR count). The maximum Gasteiger partial charge on any atom is 0.333 e. The molecule has 74 valence electrons. The Balaban J connectivity index is 2.38. The molecule has 1 saturated heterocycles. The molecule has 0 aliphatic carbocycles. The number of amides is 1. The number of carbonyl (C=O) groups is 3. The maximum absolute atomic E-state index is 11.0. The molecule has 0 atom stereocenters. The summed E-state index contributed by atoms with van der Waals surface area (Å²) >= 11 is 0. The Morgan fingerprint density at radius 3 is 2.79 bits per heavy atom.